The summed E-state index contributed by atoms with van der Waals surface area (Å²) < 4.78 is 0. The standard InChI is InChI=1S/C17H17N7O2/c1-3-23(14-6-4-5-13(2)11-14)17-15(24(25)26)16(20-12-21-17)22(9-7-18)10-8-19/h4-6,11-12H,3,9-10H2,1-2H3. The normalized spacial score (nSPS) is 9.85. The minimum atomic E-state index is -0.578. The molecule has 2 rings (SSSR count). The number of aryl methyl sites for hydroxylation is 1. The molecule has 0 N–H and O–H groups in total. The van der Waals surface area contributed by atoms with Crippen molar-refractivity contribution in [1.29, 1.82) is 10.5 Å². The molecule has 0 radical (unpaired) electrons. The Morgan fingerprint density at radius 2 is 1.85 bits per heavy atom. The van der Waals surface area contributed by atoms with E-state index < -0.39 is 4.92 Å². The predicted octanol–water partition coefficient (Wildman–Crippen LogP) is 2.70. The molecule has 0 fully saturated rings. The highest BCUT2D eigenvalue weighted by Gasteiger charge is 2.30. The number of benzene rings is 1. The van der Waals surface area contributed by atoms with Crippen LogP contribution in [0.5, 0.6) is 0 Å². The van der Waals surface area contributed by atoms with E-state index in [0.29, 0.717) is 6.54 Å². The minimum absolute atomic E-state index is 0.0470. The second kappa shape index (κ2) is 8.40. The van der Waals surface area contributed by atoms with Gasteiger partial charge in [-0.1, -0.05) is 12.1 Å². The number of hydrogen-bond donors (Lipinski definition) is 0. The summed E-state index contributed by atoms with van der Waals surface area (Å²) in [4.78, 5) is 22.3. The van der Waals surface area contributed by atoms with Gasteiger partial charge in [0.05, 0.1) is 17.1 Å². The van der Waals surface area contributed by atoms with Crippen molar-refractivity contribution in [3.8, 4) is 12.1 Å². The van der Waals surface area contributed by atoms with Gasteiger partial charge < -0.3 is 9.80 Å². The van der Waals surface area contributed by atoms with Crippen molar-refractivity contribution in [3.05, 3.63) is 46.3 Å². The van der Waals surface area contributed by atoms with Gasteiger partial charge in [0.15, 0.2) is 0 Å². The van der Waals surface area contributed by atoms with Gasteiger partial charge in [-0.2, -0.15) is 10.5 Å². The van der Waals surface area contributed by atoms with Crippen molar-refractivity contribution in [2.24, 2.45) is 0 Å². The molecule has 0 saturated carbocycles. The van der Waals surface area contributed by atoms with Crippen LogP contribution in [0.25, 0.3) is 0 Å². The summed E-state index contributed by atoms with van der Waals surface area (Å²) in [5.41, 5.74) is 1.43. The first-order chi connectivity index (χ1) is 12.5. The first-order valence-corrected chi connectivity index (χ1v) is 7.85. The zero-order chi connectivity index (χ0) is 19.1. The molecular formula is C17H17N7O2. The average molecular weight is 351 g/mol. The molecule has 26 heavy (non-hydrogen) atoms. The van der Waals surface area contributed by atoms with Gasteiger partial charge in [-0.05, 0) is 31.5 Å². The summed E-state index contributed by atoms with van der Waals surface area (Å²) in [5.74, 6) is 0.0724. The SMILES string of the molecule is CCN(c1cccc(C)c1)c1ncnc(N(CC#N)CC#N)c1[N+](=O)[O-]. The molecule has 2 aromatic rings. The molecule has 0 atom stereocenters. The molecule has 9 nitrogen and oxygen atoms in total. The van der Waals surface area contributed by atoms with Crippen molar-refractivity contribution < 1.29 is 4.92 Å². The molecule has 0 aliphatic carbocycles. The quantitative estimate of drug-likeness (QED) is 0.424. The van der Waals surface area contributed by atoms with Crippen molar-refractivity contribution >= 4 is 23.0 Å². The lowest BCUT2D eigenvalue weighted by Gasteiger charge is -2.24. The first kappa shape index (κ1) is 18.6. The second-order valence-corrected chi connectivity index (χ2v) is 5.38. The molecular weight excluding hydrogens is 334 g/mol. The van der Waals surface area contributed by atoms with E-state index in [1.54, 1.807) is 4.90 Å². The highest BCUT2D eigenvalue weighted by molar-refractivity contribution is 5.76. The van der Waals surface area contributed by atoms with Crippen LogP contribution in [0.2, 0.25) is 0 Å². The van der Waals surface area contributed by atoms with E-state index in [1.807, 2.05) is 50.3 Å². The number of aromatic nitrogens is 2. The van der Waals surface area contributed by atoms with Gasteiger partial charge in [-0.15, -0.1) is 0 Å². The third-order valence-corrected chi connectivity index (χ3v) is 3.67. The maximum atomic E-state index is 11.8. The summed E-state index contributed by atoms with van der Waals surface area (Å²) in [6.07, 6.45) is 1.21. The fourth-order valence-corrected chi connectivity index (χ4v) is 2.58. The van der Waals surface area contributed by atoms with Crippen molar-refractivity contribution in [3.63, 3.8) is 0 Å². The lowest BCUT2D eigenvalue weighted by atomic mass is 10.2. The van der Waals surface area contributed by atoms with E-state index in [-0.39, 0.29) is 30.4 Å². The lowest BCUT2D eigenvalue weighted by Crippen LogP contribution is -2.27. The van der Waals surface area contributed by atoms with E-state index in [0.717, 1.165) is 11.3 Å². The number of hydrogen-bond acceptors (Lipinski definition) is 8. The van der Waals surface area contributed by atoms with Gasteiger partial charge in [0.2, 0.25) is 11.6 Å². The topological polar surface area (TPSA) is 123 Å². The lowest BCUT2D eigenvalue weighted by molar-refractivity contribution is -0.383. The van der Waals surface area contributed by atoms with Crippen LogP contribution in [0.3, 0.4) is 0 Å². The van der Waals surface area contributed by atoms with Crippen LogP contribution >= 0.6 is 0 Å². The number of nitro groups is 1. The summed E-state index contributed by atoms with van der Waals surface area (Å²) in [5, 5.41) is 29.7. The van der Waals surface area contributed by atoms with E-state index in [1.165, 1.54) is 11.2 Å². The average Bonchev–Trinajstić information content (AvgIpc) is 2.62. The molecule has 0 aliphatic heterocycles. The van der Waals surface area contributed by atoms with Crippen molar-refractivity contribution in [2.45, 2.75) is 13.8 Å². The van der Waals surface area contributed by atoms with Crippen molar-refractivity contribution in [2.75, 3.05) is 29.4 Å². The maximum absolute atomic E-state index is 11.8. The molecule has 1 aromatic heterocycles. The van der Waals surface area contributed by atoms with Gasteiger partial charge in [-0.25, -0.2) is 9.97 Å². The van der Waals surface area contributed by atoms with Gasteiger partial charge in [0.1, 0.15) is 19.4 Å². The number of rotatable bonds is 7. The smallest absolute Gasteiger partial charge is 0.324 e. The summed E-state index contributed by atoms with van der Waals surface area (Å²) in [6, 6.07) is 11.3. The monoisotopic (exact) mass is 351 g/mol. The molecule has 132 valence electrons. The fourth-order valence-electron chi connectivity index (χ4n) is 2.58. The van der Waals surface area contributed by atoms with Gasteiger partial charge in [-0.3, -0.25) is 10.1 Å². The Kier molecular flexibility index (Phi) is 6.01. The van der Waals surface area contributed by atoms with Gasteiger partial charge in [0, 0.05) is 12.2 Å². The molecule has 0 aliphatic rings. The Morgan fingerprint density at radius 3 is 2.38 bits per heavy atom. The van der Waals surface area contributed by atoms with Gasteiger partial charge >= 0.3 is 5.69 Å². The van der Waals surface area contributed by atoms with E-state index >= 15 is 0 Å². The first-order valence-electron chi connectivity index (χ1n) is 7.85. The highest BCUT2D eigenvalue weighted by Crippen LogP contribution is 2.37. The van der Waals surface area contributed by atoms with Crippen LogP contribution < -0.4 is 9.80 Å². The number of nitrogens with zero attached hydrogens (tertiary/aromatic N) is 7. The second-order valence-electron chi connectivity index (χ2n) is 5.38. The van der Waals surface area contributed by atoms with Crippen LogP contribution in [-0.2, 0) is 0 Å². The Morgan fingerprint density at radius 1 is 1.19 bits per heavy atom. The molecule has 9 heteroatoms. The predicted molar refractivity (Wildman–Crippen MR) is 96.0 cm³/mol. The Hall–Kier alpha value is -3.72. The van der Waals surface area contributed by atoms with Crippen LogP contribution in [-0.4, -0.2) is 34.5 Å². The van der Waals surface area contributed by atoms with Crippen LogP contribution in [0.1, 0.15) is 12.5 Å². The zero-order valence-electron chi connectivity index (χ0n) is 14.5. The molecule has 1 aromatic carbocycles. The van der Waals surface area contributed by atoms with Gasteiger partial charge in [0.25, 0.3) is 0 Å². The van der Waals surface area contributed by atoms with E-state index in [2.05, 4.69) is 9.97 Å². The third kappa shape index (κ3) is 3.84. The van der Waals surface area contributed by atoms with Crippen LogP contribution in [0.15, 0.2) is 30.6 Å². The zero-order valence-corrected chi connectivity index (χ0v) is 14.5. The Bertz CT molecular complexity index is 869. The third-order valence-electron chi connectivity index (χ3n) is 3.67. The largest absolute Gasteiger partial charge is 0.354 e. The Labute approximate surface area is 150 Å². The van der Waals surface area contributed by atoms with Crippen LogP contribution in [0.4, 0.5) is 23.0 Å². The maximum Gasteiger partial charge on any atom is 0.354 e. The molecule has 0 amide bonds. The summed E-state index contributed by atoms with van der Waals surface area (Å²) in [7, 11) is 0. The molecule has 0 saturated heterocycles. The summed E-state index contributed by atoms with van der Waals surface area (Å²) >= 11 is 0. The molecule has 0 bridgehead atoms. The fraction of sp³-hybridized carbons (Fsp3) is 0.294. The highest BCUT2D eigenvalue weighted by atomic mass is 16.6. The van der Waals surface area contributed by atoms with E-state index in [4.69, 9.17) is 10.5 Å². The minimum Gasteiger partial charge on any atom is -0.324 e. The Balaban J connectivity index is 2.65. The summed E-state index contributed by atoms with van der Waals surface area (Å²) in [6.45, 7) is 3.84. The number of nitriles is 2. The van der Waals surface area contributed by atoms with Crippen molar-refractivity contribution in [1.82, 2.24) is 9.97 Å². The van der Waals surface area contributed by atoms with Crippen LogP contribution in [0, 0.1) is 39.7 Å². The molecule has 0 unspecified atom stereocenters. The molecule has 0 spiro atoms. The molecule has 1 heterocycles. The number of anilines is 3. The van der Waals surface area contributed by atoms with E-state index in [9.17, 15) is 10.1 Å².